The number of rotatable bonds is 2. The zero-order valence-electron chi connectivity index (χ0n) is 10.2. The number of carboxylic acid groups (broad SMARTS) is 1. The van der Waals surface area contributed by atoms with Crippen LogP contribution in [0.2, 0.25) is 0 Å². The van der Waals surface area contributed by atoms with E-state index in [4.69, 9.17) is 10.8 Å². The van der Waals surface area contributed by atoms with Gasteiger partial charge in [-0.3, -0.25) is 4.79 Å². The van der Waals surface area contributed by atoms with Crippen LogP contribution < -0.4 is 11.2 Å². The molecule has 1 aromatic carbocycles. The van der Waals surface area contributed by atoms with E-state index in [9.17, 15) is 18.4 Å². The van der Waals surface area contributed by atoms with E-state index in [1.54, 1.807) is 0 Å². The fourth-order valence-electron chi connectivity index (χ4n) is 2.30. The molecule has 0 unspecified atom stereocenters. The summed E-state index contributed by atoms with van der Waals surface area (Å²) in [5.74, 6) is -3.44. The Morgan fingerprint density at radius 2 is 2.00 bits per heavy atom. The summed E-state index contributed by atoms with van der Waals surface area (Å²) in [7, 11) is 0. The van der Waals surface area contributed by atoms with Crippen LogP contribution in [0.3, 0.4) is 0 Å². The van der Waals surface area contributed by atoms with Gasteiger partial charge in [-0.1, -0.05) is 0 Å². The summed E-state index contributed by atoms with van der Waals surface area (Å²) < 4.78 is 28.9. The summed E-state index contributed by atoms with van der Waals surface area (Å²) in [6.07, 6.45) is 2.59. The van der Waals surface area contributed by atoms with Gasteiger partial charge in [0.2, 0.25) is 5.43 Å². The van der Waals surface area contributed by atoms with Crippen LogP contribution in [0.15, 0.2) is 17.1 Å². The number of pyridine rings is 1. The van der Waals surface area contributed by atoms with Gasteiger partial charge in [0, 0.05) is 18.3 Å². The maximum Gasteiger partial charge on any atom is 0.341 e. The topological polar surface area (TPSA) is 85.3 Å². The third-order valence-corrected chi connectivity index (χ3v) is 3.41. The molecule has 2 aromatic rings. The second kappa shape index (κ2) is 4.03. The Morgan fingerprint density at radius 1 is 1.35 bits per heavy atom. The van der Waals surface area contributed by atoms with E-state index in [2.05, 4.69) is 0 Å². The quantitative estimate of drug-likeness (QED) is 0.823. The molecule has 0 atom stereocenters. The summed E-state index contributed by atoms with van der Waals surface area (Å²) in [6, 6.07) is 0.520. The Hall–Kier alpha value is -2.44. The number of hydrogen-bond acceptors (Lipinski definition) is 3. The average molecular weight is 280 g/mol. The molecule has 0 bridgehead atoms. The minimum absolute atomic E-state index is 0.0874. The maximum absolute atomic E-state index is 14.0. The van der Waals surface area contributed by atoms with E-state index in [1.807, 2.05) is 0 Å². The van der Waals surface area contributed by atoms with Crippen LogP contribution in [0.4, 0.5) is 14.5 Å². The molecule has 1 aliphatic rings. The van der Waals surface area contributed by atoms with Gasteiger partial charge in [-0.15, -0.1) is 0 Å². The standard InChI is InChI=1S/C13H10F2N2O3/c14-7-3-8(15)11-9(10(7)16)12(18)6(13(19)20)4-17(11)5-1-2-5/h3-5H,1-2,16H2,(H,19,20). The van der Waals surface area contributed by atoms with Crippen LogP contribution in [0, 0.1) is 11.6 Å². The van der Waals surface area contributed by atoms with E-state index in [1.165, 1.54) is 4.57 Å². The zero-order valence-corrected chi connectivity index (χ0v) is 10.2. The van der Waals surface area contributed by atoms with Crippen molar-refractivity contribution in [2.75, 3.05) is 5.73 Å². The summed E-state index contributed by atoms with van der Waals surface area (Å²) in [6.45, 7) is 0. The summed E-state index contributed by atoms with van der Waals surface area (Å²) in [5, 5.41) is 8.63. The number of nitrogens with two attached hydrogens (primary N) is 1. The number of nitrogens with zero attached hydrogens (tertiary/aromatic N) is 1. The summed E-state index contributed by atoms with van der Waals surface area (Å²) in [4.78, 5) is 23.2. The molecule has 3 N–H and O–H groups in total. The van der Waals surface area contributed by atoms with Crippen LogP contribution in [-0.4, -0.2) is 15.6 Å². The highest BCUT2D eigenvalue weighted by Crippen LogP contribution is 2.38. The van der Waals surface area contributed by atoms with Crippen molar-refractivity contribution in [1.29, 1.82) is 0 Å². The van der Waals surface area contributed by atoms with Gasteiger partial charge >= 0.3 is 5.97 Å². The maximum atomic E-state index is 14.0. The first-order valence-corrected chi connectivity index (χ1v) is 5.97. The molecule has 1 saturated carbocycles. The van der Waals surface area contributed by atoms with E-state index in [-0.39, 0.29) is 11.6 Å². The van der Waals surface area contributed by atoms with Crippen molar-refractivity contribution in [3.63, 3.8) is 0 Å². The summed E-state index contributed by atoms with van der Waals surface area (Å²) >= 11 is 0. The van der Waals surface area contributed by atoms with Gasteiger partial charge in [-0.05, 0) is 12.8 Å². The van der Waals surface area contributed by atoms with Crippen molar-refractivity contribution < 1.29 is 18.7 Å². The number of aromatic nitrogens is 1. The first kappa shape index (κ1) is 12.6. The summed E-state index contributed by atoms with van der Waals surface area (Å²) in [5.41, 5.74) is 3.32. The van der Waals surface area contributed by atoms with Crippen molar-refractivity contribution >= 4 is 22.6 Å². The molecule has 1 aromatic heterocycles. The van der Waals surface area contributed by atoms with Gasteiger partial charge < -0.3 is 15.4 Å². The van der Waals surface area contributed by atoms with Gasteiger partial charge in [0.05, 0.1) is 16.6 Å². The van der Waals surface area contributed by atoms with Gasteiger partial charge in [0.1, 0.15) is 11.4 Å². The fraction of sp³-hybridized carbons (Fsp3) is 0.231. The number of carbonyl (C=O) groups is 1. The van der Waals surface area contributed by atoms with Crippen LogP contribution in [-0.2, 0) is 0 Å². The predicted octanol–water partition coefficient (Wildman–Crippen LogP) is 1.90. The molecule has 20 heavy (non-hydrogen) atoms. The second-order valence-corrected chi connectivity index (χ2v) is 4.79. The van der Waals surface area contributed by atoms with Crippen LogP contribution in [0.5, 0.6) is 0 Å². The van der Waals surface area contributed by atoms with Gasteiger partial charge in [-0.25, -0.2) is 13.6 Å². The predicted molar refractivity (Wildman–Crippen MR) is 67.8 cm³/mol. The smallest absolute Gasteiger partial charge is 0.341 e. The van der Waals surface area contributed by atoms with Gasteiger partial charge in [-0.2, -0.15) is 0 Å². The molecule has 0 aliphatic heterocycles. The first-order valence-electron chi connectivity index (χ1n) is 5.97. The molecule has 104 valence electrons. The van der Waals surface area contributed by atoms with Crippen molar-refractivity contribution in [2.24, 2.45) is 0 Å². The van der Waals surface area contributed by atoms with Crippen LogP contribution >= 0.6 is 0 Å². The molecule has 1 aliphatic carbocycles. The van der Waals surface area contributed by atoms with E-state index in [0.29, 0.717) is 6.07 Å². The highest BCUT2D eigenvalue weighted by molar-refractivity contribution is 5.97. The van der Waals surface area contributed by atoms with Gasteiger partial charge in [0.15, 0.2) is 5.82 Å². The number of aromatic carboxylic acids is 1. The highest BCUT2D eigenvalue weighted by Gasteiger charge is 2.29. The molecule has 0 amide bonds. The number of fused-ring (bicyclic) bond motifs is 1. The number of carboxylic acids is 1. The van der Waals surface area contributed by atoms with E-state index in [0.717, 1.165) is 19.0 Å². The van der Waals surface area contributed by atoms with Crippen molar-refractivity contribution in [1.82, 2.24) is 4.57 Å². The SMILES string of the molecule is Nc1c(F)cc(F)c2c1c(=O)c(C(=O)O)cn2C1CC1. The lowest BCUT2D eigenvalue weighted by atomic mass is 10.1. The fourth-order valence-corrected chi connectivity index (χ4v) is 2.30. The van der Waals surface area contributed by atoms with Crippen molar-refractivity contribution in [3.05, 3.63) is 39.7 Å². The zero-order chi connectivity index (χ0) is 14.6. The average Bonchev–Trinajstić information content (AvgIpc) is 3.19. The van der Waals surface area contributed by atoms with Crippen LogP contribution in [0.1, 0.15) is 29.2 Å². The third-order valence-electron chi connectivity index (χ3n) is 3.41. The van der Waals surface area contributed by atoms with E-state index >= 15 is 0 Å². The minimum atomic E-state index is -1.45. The Morgan fingerprint density at radius 3 is 2.55 bits per heavy atom. The lowest BCUT2D eigenvalue weighted by Crippen LogP contribution is -2.21. The number of nitrogen functional groups attached to an aromatic ring is 1. The number of halogens is 2. The number of hydrogen-bond donors (Lipinski definition) is 2. The Labute approximate surface area is 111 Å². The normalized spacial score (nSPS) is 14.7. The third kappa shape index (κ3) is 1.66. The monoisotopic (exact) mass is 280 g/mol. The molecule has 3 rings (SSSR count). The highest BCUT2D eigenvalue weighted by atomic mass is 19.1. The first-order chi connectivity index (χ1) is 9.41. The molecule has 1 fully saturated rings. The second-order valence-electron chi connectivity index (χ2n) is 4.79. The van der Waals surface area contributed by atoms with Crippen LogP contribution in [0.25, 0.3) is 10.9 Å². The van der Waals surface area contributed by atoms with E-state index < -0.39 is 39.7 Å². The molecule has 5 nitrogen and oxygen atoms in total. The minimum Gasteiger partial charge on any atom is -0.477 e. The molecule has 1 heterocycles. The van der Waals surface area contributed by atoms with Crippen molar-refractivity contribution in [2.45, 2.75) is 18.9 Å². The molecule has 7 heteroatoms. The Bertz CT molecular complexity index is 810. The number of benzene rings is 1. The molecule has 0 spiro atoms. The van der Waals surface area contributed by atoms with Crippen molar-refractivity contribution in [3.8, 4) is 0 Å². The Kier molecular flexibility index (Phi) is 2.53. The molecule has 0 saturated heterocycles. The van der Waals surface area contributed by atoms with Gasteiger partial charge in [0.25, 0.3) is 0 Å². The largest absolute Gasteiger partial charge is 0.477 e. The lowest BCUT2D eigenvalue weighted by Gasteiger charge is -2.13. The number of anilines is 1. The molecule has 0 radical (unpaired) electrons. The lowest BCUT2D eigenvalue weighted by molar-refractivity contribution is 0.0695. The molecular formula is C13H10F2N2O3. The Balaban J connectivity index is 2.55. The molecular weight excluding hydrogens is 270 g/mol.